The molecule has 0 bridgehead atoms. The third-order valence-corrected chi connectivity index (χ3v) is 8.46. The second-order valence-corrected chi connectivity index (χ2v) is 12.2. The zero-order valence-corrected chi connectivity index (χ0v) is 24.1. The van der Waals surface area contributed by atoms with Crippen LogP contribution in [0.2, 0.25) is 0 Å². The number of rotatable bonds is 7. The fourth-order valence-electron chi connectivity index (χ4n) is 4.56. The van der Waals surface area contributed by atoms with Crippen LogP contribution in [0.4, 0.5) is 11.4 Å². The van der Waals surface area contributed by atoms with Gasteiger partial charge in [0.25, 0.3) is 5.91 Å². The first kappa shape index (κ1) is 28.5. The van der Waals surface area contributed by atoms with Gasteiger partial charge in [0.15, 0.2) is 0 Å². The number of amides is 1. The van der Waals surface area contributed by atoms with Crippen molar-refractivity contribution in [3.63, 3.8) is 0 Å². The van der Waals surface area contributed by atoms with E-state index in [2.05, 4.69) is 4.99 Å². The van der Waals surface area contributed by atoms with Crippen LogP contribution in [0, 0.1) is 0 Å². The van der Waals surface area contributed by atoms with Crippen LogP contribution >= 0.6 is 0 Å². The SMILES string of the molecule is C[C@@H]1CN(S(=O)(=O)c2cccc(C(=O)N=C(c3ccc(N(C)C)cc3)c3ccc(N(C)C)cc3)c2)C[C@H](C)O1. The Kier molecular flexibility index (Phi) is 8.54. The highest BCUT2D eigenvalue weighted by Gasteiger charge is 2.32. The third kappa shape index (κ3) is 6.55. The molecule has 0 N–H and O–H groups in total. The molecule has 0 aromatic heterocycles. The summed E-state index contributed by atoms with van der Waals surface area (Å²) in [6.45, 7) is 4.23. The van der Waals surface area contributed by atoms with Crippen molar-refractivity contribution < 1.29 is 17.9 Å². The Morgan fingerprint density at radius 2 is 1.28 bits per heavy atom. The topological polar surface area (TPSA) is 82.5 Å². The van der Waals surface area contributed by atoms with Crippen molar-refractivity contribution in [2.45, 2.75) is 31.0 Å². The number of carbonyl (C=O) groups is 1. The molecule has 8 nitrogen and oxygen atoms in total. The summed E-state index contributed by atoms with van der Waals surface area (Å²) in [7, 11) is 4.06. The first-order valence-corrected chi connectivity index (χ1v) is 14.3. The molecule has 1 fully saturated rings. The van der Waals surface area contributed by atoms with E-state index in [9.17, 15) is 13.2 Å². The maximum atomic E-state index is 13.5. The normalized spacial score (nSPS) is 17.9. The quantitative estimate of drug-likeness (QED) is 0.410. The highest BCUT2D eigenvalue weighted by atomic mass is 32.2. The van der Waals surface area contributed by atoms with Crippen LogP contribution in [0.1, 0.15) is 35.3 Å². The molecule has 0 saturated carbocycles. The van der Waals surface area contributed by atoms with Crippen molar-refractivity contribution in [3.8, 4) is 0 Å². The second kappa shape index (κ2) is 11.7. The molecule has 0 unspecified atom stereocenters. The minimum Gasteiger partial charge on any atom is -0.378 e. The lowest BCUT2D eigenvalue weighted by molar-refractivity contribution is -0.0440. The van der Waals surface area contributed by atoms with Crippen LogP contribution in [0.3, 0.4) is 0 Å². The number of sulfonamides is 1. The molecular weight excluding hydrogens is 512 g/mol. The lowest BCUT2D eigenvalue weighted by Gasteiger charge is -2.34. The van der Waals surface area contributed by atoms with Gasteiger partial charge in [0, 0.05) is 69.3 Å². The molecule has 1 aliphatic heterocycles. The van der Waals surface area contributed by atoms with E-state index in [4.69, 9.17) is 4.74 Å². The van der Waals surface area contributed by atoms with Gasteiger partial charge in [-0.3, -0.25) is 4.79 Å². The van der Waals surface area contributed by atoms with Gasteiger partial charge in [-0.15, -0.1) is 0 Å². The van der Waals surface area contributed by atoms with Gasteiger partial charge in [0.2, 0.25) is 10.0 Å². The zero-order chi connectivity index (χ0) is 28.3. The Bertz CT molecular complexity index is 1390. The summed E-state index contributed by atoms with van der Waals surface area (Å²) in [5, 5.41) is 0. The van der Waals surface area contributed by atoms with Gasteiger partial charge in [-0.25, -0.2) is 13.4 Å². The maximum absolute atomic E-state index is 13.5. The number of hydrogen-bond donors (Lipinski definition) is 0. The molecule has 1 amide bonds. The fourth-order valence-corrected chi connectivity index (χ4v) is 6.20. The number of nitrogens with zero attached hydrogens (tertiary/aromatic N) is 4. The van der Waals surface area contributed by atoms with Crippen molar-refractivity contribution in [1.82, 2.24) is 4.31 Å². The summed E-state index contributed by atoms with van der Waals surface area (Å²) in [5.41, 5.74) is 4.34. The van der Waals surface area contributed by atoms with Gasteiger partial charge in [-0.1, -0.05) is 30.3 Å². The van der Waals surface area contributed by atoms with E-state index < -0.39 is 15.9 Å². The van der Waals surface area contributed by atoms with Gasteiger partial charge >= 0.3 is 0 Å². The van der Waals surface area contributed by atoms with Crippen molar-refractivity contribution in [1.29, 1.82) is 0 Å². The molecule has 1 heterocycles. The van der Waals surface area contributed by atoms with E-state index in [1.165, 1.54) is 16.4 Å². The molecule has 0 spiro atoms. The van der Waals surface area contributed by atoms with Crippen LogP contribution in [-0.4, -0.2) is 77.8 Å². The Hall–Kier alpha value is -3.53. The van der Waals surface area contributed by atoms with E-state index in [0.717, 1.165) is 22.5 Å². The highest BCUT2D eigenvalue weighted by molar-refractivity contribution is 7.89. The first-order chi connectivity index (χ1) is 18.5. The number of hydrogen-bond acceptors (Lipinski definition) is 6. The third-order valence-electron chi connectivity index (χ3n) is 6.63. The Labute approximate surface area is 231 Å². The van der Waals surface area contributed by atoms with Crippen molar-refractivity contribution in [2.75, 3.05) is 51.1 Å². The Morgan fingerprint density at radius 1 is 0.795 bits per heavy atom. The molecule has 1 saturated heterocycles. The molecule has 3 aromatic rings. The predicted octanol–water partition coefficient (Wildman–Crippen LogP) is 4.29. The number of ether oxygens (including phenoxy) is 1. The summed E-state index contributed by atoms with van der Waals surface area (Å²) < 4.78 is 33.9. The van der Waals surface area contributed by atoms with Crippen molar-refractivity contribution in [3.05, 3.63) is 89.5 Å². The second-order valence-electron chi connectivity index (χ2n) is 10.3. The van der Waals surface area contributed by atoms with Crippen molar-refractivity contribution >= 4 is 33.0 Å². The van der Waals surface area contributed by atoms with Crippen molar-refractivity contribution in [2.24, 2.45) is 4.99 Å². The van der Waals surface area contributed by atoms with E-state index >= 15 is 0 Å². The minimum absolute atomic E-state index is 0.0667. The Balaban J connectivity index is 1.72. The summed E-state index contributed by atoms with van der Waals surface area (Å²) in [6, 6.07) is 21.7. The van der Waals surface area contributed by atoms with Crippen LogP contribution in [-0.2, 0) is 14.8 Å². The Morgan fingerprint density at radius 3 is 1.74 bits per heavy atom. The van der Waals surface area contributed by atoms with E-state index in [0.29, 0.717) is 5.71 Å². The maximum Gasteiger partial charge on any atom is 0.277 e. The van der Waals surface area contributed by atoms with Gasteiger partial charge in [0.1, 0.15) is 0 Å². The lowest BCUT2D eigenvalue weighted by atomic mass is 10.0. The average molecular weight is 549 g/mol. The molecule has 9 heteroatoms. The number of aliphatic imine (C=N–C) groups is 1. The summed E-state index contributed by atoms with van der Waals surface area (Å²) in [5.74, 6) is -0.515. The number of benzene rings is 3. The van der Waals surface area contributed by atoms with Gasteiger partial charge in [0.05, 0.1) is 22.8 Å². The predicted molar refractivity (Wildman–Crippen MR) is 157 cm³/mol. The standard InChI is InChI=1S/C30H36N4O4S/c1-21-19-34(20-22(2)38-21)39(36,37)28-9-7-8-25(18-28)30(35)31-29(23-10-14-26(15-11-23)32(3)4)24-12-16-27(17-13-24)33(5)6/h7-18,21-22H,19-20H2,1-6H3/t21-,22+. The van der Waals surface area contributed by atoms with Gasteiger partial charge < -0.3 is 14.5 Å². The molecule has 3 aromatic carbocycles. The van der Waals surface area contributed by atoms with Crippen LogP contribution in [0.25, 0.3) is 0 Å². The molecule has 0 aliphatic carbocycles. The van der Waals surface area contributed by atoms with E-state index in [1.807, 2.05) is 100 Å². The largest absolute Gasteiger partial charge is 0.378 e. The molecular formula is C30H36N4O4S. The van der Waals surface area contributed by atoms with Crippen LogP contribution < -0.4 is 9.80 Å². The fraction of sp³-hybridized carbons (Fsp3) is 0.333. The van der Waals surface area contributed by atoms with E-state index in [-0.39, 0.29) is 35.8 Å². The molecule has 0 radical (unpaired) electrons. The van der Waals surface area contributed by atoms with E-state index in [1.54, 1.807) is 12.1 Å². The van der Waals surface area contributed by atoms with Gasteiger partial charge in [-0.2, -0.15) is 4.31 Å². The monoisotopic (exact) mass is 548 g/mol. The first-order valence-electron chi connectivity index (χ1n) is 12.9. The molecule has 206 valence electrons. The average Bonchev–Trinajstić information content (AvgIpc) is 2.91. The number of anilines is 2. The summed E-state index contributed by atoms with van der Waals surface area (Å²) >= 11 is 0. The number of carbonyl (C=O) groups excluding carboxylic acids is 1. The summed E-state index contributed by atoms with van der Waals surface area (Å²) in [4.78, 5) is 22.1. The van der Waals surface area contributed by atoms with Crippen LogP contribution in [0.5, 0.6) is 0 Å². The summed E-state index contributed by atoms with van der Waals surface area (Å²) in [6.07, 6.45) is -0.420. The molecule has 2 atom stereocenters. The zero-order valence-electron chi connectivity index (χ0n) is 23.3. The minimum atomic E-state index is -3.80. The smallest absolute Gasteiger partial charge is 0.277 e. The molecule has 4 rings (SSSR count). The highest BCUT2D eigenvalue weighted by Crippen LogP contribution is 2.23. The lowest BCUT2D eigenvalue weighted by Crippen LogP contribution is -2.48. The molecule has 39 heavy (non-hydrogen) atoms. The van der Waals surface area contributed by atoms with Gasteiger partial charge in [-0.05, 0) is 56.3 Å². The van der Waals surface area contributed by atoms with Crippen LogP contribution in [0.15, 0.2) is 82.7 Å². The molecule has 1 aliphatic rings. The number of morpholine rings is 1.